The summed E-state index contributed by atoms with van der Waals surface area (Å²) in [6.45, 7) is 5.68. The number of hydrogen-bond donors (Lipinski definition) is 0. The number of β-lactam (4-membered cyclic amide) rings is 1. The third-order valence-corrected chi connectivity index (χ3v) is 5.52. The molecular weight excluding hydrogens is 400 g/mol. The van der Waals surface area contributed by atoms with Crippen molar-refractivity contribution in [1.82, 2.24) is 0 Å². The Hall–Kier alpha value is -3.23. The summed E-state index contributed by atoms with van der Waals surface area (Å²) in [6.07, 6.45) is -0.537. The third-order valence-electron chi connectivity index (χ3n) is 5.52. The van der Waals surface area contributed by atoms with Crippen LogP contribution in [0.2, 0.25) is 0 Å². The zero-order valence-electron chi connectivity index (χ0n) is 17.8. The molecule has 0 unspecified atom stereocenters. The molecule has 31 heavy (non-hydrogen) atoms. The van der Waals surface area contributed by atoms with Crippen LogP contribution < -0.4 is 9.64 Å². The molecule has 2 heterocycles. The molecule has 2 aromatic carbocycles. The highest BCUT2D eigenvalue weighted by atomic mass is 16.7. The molecule has 2 atom stereocenters. The molecule has 2 aromatic rings. The van der Waals surface area contributed by atoms with E-state index in [0.29, 0.717) is 17.0 Å². The van der Waals surface area contributed by atoms with E-state index in [1.807, 2.05) is 6.92 Å². The average Bonchev–Trinajstić information content (AvgIpc) is 3.09. The second-order valence-corrected chi connectivity index (χ2v) is 8.07. The van der Waals surface area contributed by atoms with E-state index in [4.69, 9.17) is 14.2 Å². The van der Waals surface area contributed by atoms with E-state index < -0.39 is 28.8 Å². The summed E-state index contributed by atoms with van der Waals surface area (Å²) in [4.78, 5) is 26.4. The SMILES string of the molecule is COc1ccc(N2C(=O)/C(=C(/c3ccc(C)cc3)[N+](=O)[O-])[C@@H]2[C@H]2COC(C)(C)O2)cc1. The Morgan fingerprint density at radius 3 is 2.32 bits per heavy atom. The standard InChI is InChI=1S/C23H24N2O6/c1-14-5-7-15(8-6-14)20(25(27)28)19-21(18-13-30-23(2,3)31-18)24(22(19)26)16-9-11-17(29-4)12-10-16/h5-12,18,21H,13H2,1-4H3/b20-19-/t18-,21+/m1/s1. The number of rotatable bonds is 5. The lowest BCUT2D eigenvalue weighted by Gasteiger charge is -2.44. The van der Waals surface area contributed by atoms with E-state index in [9.17, 15) is 14.9 Å². The van der Waals surface area contributed by atoms with Gasteiger partial charge in [0.15, 0.2) is 5.79 Å². The minimum atomic E-state index is -0.835. The Bertz CT molecular complexity index is 1040. The van der Waals surface area contributed by atoms with Crippen molar-refractivity contribution in [3.63, 3.8) is 0 Å². The van der Waals surface area contributed by atoms with Crippen LogP contribution in [-0.4, -0.2) is 42.5 Å². The summed E-state index contributed by atoms with van der Waals surface area (Å²) in [6, 6.07) is 13.2. The molecule has 8 nitrogen and oxygen atoms in total. The van der Waals surface area contributed by atoms with Gasteiger partial charge in [0.1, 0.15) is 23.5 Å². The fourth-order valence-electron chi connectivity index (χ4n) is 4.00. The van der Waals surface area contributed by atoms with Crippen LogP contribution in [0.5, 0.6) is 5.75 Å². The fourth-order valence-corrected chi connectivity index (χ4v) is 4.00. The second kappa shape index (κ2) is 7.79. The number of amides is 1. The predicted molar refractivity (Wildman–Crippen MR) is 114 cm³/mol. The lowest BCUT2D eigenvalue weighted by Crippen LogP contribution is -2.62. The molecule has 1 amide bonds. The number of ether oxygens (including phenoxy) is 3. The van der Waals surface area contributed by atoms with Gasteiger partial charge in [0.25, 0.3) is 11.6 Å². The Morgan fingerprint density at radius 2 is 1.81 bits per heavy atom. The van der Waals surface area contributed by atoms with Gasteiger partial charge in [-0.3, -0.25) is 19.8 Å². The highest BCUT2D eigenvalue weighted by Gasteiger charge is 2.55. The van der Waals surface area contributed by atoms with Crippen molar-refractivity contribution in [3.8, 4) is 5.75 Å². The topological polar surface area (TPSA) is 91.1 Å². The van der Waals surface area contributed by atoms with Crippen molar-refractivity contribution in [3.05, 3.63) is 75.3 Å². The van der Waals surface area contributed by atoms with E-state index in [2.05, 4.69) is 0 Å². The zero-order valence-corrected chi connectivity index (χ0v) is 17.8. The number of nitro groups is 1. The summed E-state index contributed by atoms with van der Waals surface area (Å²) in [5.41, 5.74) is 1.89. The lowest BCUT2D eigenvalue weighted by molar-refractivity contribution is -0.376. The molecule has 2 saturated heterocycles. The maximum Gasteiger partial charge on any atom is 0.287 e. The molecule has 2 aliphatic heterocycles. The van der Waals surface area contributed by atoms with E-state index >= 15 is 0 Å². The van der Waals surface area contributed by atoms with Gasteiger partial charge in [-0.25, -0.2) is 0 Å². The van der Waals surface area contributed by atoms with Crippen LogP contribution in [0, 0.1) is 17.0 Å². The Balaban J connectivity index is 1.82. The molecule has 0 radical (unpaired) electrons. The summed E-state index contributed by atoms with van der Waals surface area (Å²) in [7, 11) is 1.56. The van der Waals surface area contributed by atoms with Crippen molar-refractivity contribution in [2.75, 3.05) is 18.6 Å². The third kappa shape index (κ3) is 3.80. The van der Waals surface area contributed by atoms with Crippen molar-refractivity contribution in [2.45, 2.75) is 38.7 Å². The van der Waals surface area contributed by atoms with Crippen LogP contribution in [0.15, 0.2) is 54.1 Å². The van der Waals surface area contributed by atoms with Crippen LogP contribution in [0.1, 0.15) is 25.0 Å². The number of aryl methyl sites for hydroxylation is 1. The number of nitrogens with zero attached hydrogens (tertiary/aromatic N) is 2. The first-order valence-electron chi connectivity index (χ1n) is 9.97. The molecule has 162 valence electrons. The average molecular weight is 424 g/mol. The first kappa shape index (κ1) is 21.0. The first-order chi connectivity index (χ1) is 14.7. The molecule has 0 bridgehead atoms. The Morgan fingerprint density at radius 1 is 1.16 bits per heavy atom. The largest absolute Gasteiger partial charge is 0.497 e. The summed E-state index contributed by atoms with van der Waals surface area (Å²) < 4.78 is 16.9. The predicted octanol–water partition coefficient (Wildman–Crippen LogP) is 3.56. The van der Waals surface area contributed by atoms with Gasteiger partial charge in [0.05, 0.1) is 24.2 Å². The van der Waals surface area contributed by atoms with Gasteiger partial charge in [0.2, 0.25) is 0 Å². The molecule has 0 saturated carbocycles. The molecular formula is C23H24N2O6. The monoisotopic (exact) mass is 424 g/mol. The van der Waals surface area contributed by atoms with Gasteiger partial charge in [-0.2, -0.15) is 0 Å². The molecule has 0 aromatic heterocycles. The summed E-state index contributed by atoms with van der Waals surface area (Å²) >= 11 is 0. The number of carbonyl (C=O) groups is 1. The minimum Gasteiger partial charge on any atom is -0.497 e. The van der Waals surface area contributed by atoms with Crippen molar-refractivity contribution >= 4 is 17.3 Å². The van der Waals surface area contributed by atoms with Gasteiger partial charge in [-0.15, -0.1) is 0 Å². The Kier molecular flexibility index (Phi) is 5.28. The summed E-state index contributed by atoms with van der Waals surface area (Å²) in [5.74, 6) is -0.606. The highest BCUT2D eigenvalue weighted by molar-refractivity contribution is 6.19. The number of hydrogen-bond acceptors (Lipinski definition) is 6. The van der Waals surface area contributed by atoms with Gasteiger partial charge in [-0.05, 0) is 57.2 Å². The van der Waals surface area contributed by atoms with Crippen LogP contribution in [0.25, 0.3) is 5.70 Å². The number of benzene rings is 2. The van der Waals surface area contributed by atoms with E-state index in [-0.39, 0.29) is 17.9 Å². The molecule has 2 fully saturated rings. The van der Waals surface area contributed by atoms with Gasteiger partial charge in [-0.1, -0.05) is 17.7 Å². The smallest absolute Gasteiger partial charge is 0.287 e. The van der Waals surface area contributed by atoms with Gasteiger partial charge in [0, 0.05) is 5.69 Å². The maximum atomic E-state index is 13.3. The second-order valence-electron chi connectivity index (χ2n) is 8.07. The quantitative estimate of drug-likeness (QED) is 0.315. The molecule has 0 N–H and O–H groups in total. The normalized spacial score (nSPS) is 24.0. The van der Waals surface area contributed by atoms with Crippen molar-refractivity contribution in [2.24, 2.45) is 0 Å². The highest BCUT2D eigenvalue weighted by Crippen LogP contribution is 2.42. The van der Waals surface area contributed by atoms with Gasteiger partial charge >= 0.3 is 0 Å². The molecule has 4 rings (SSSR count). The van der Waals surface area contributed by atoms with Crippen LogP contribution in [-0.2, 0) is 14.3 Å². The molecule has 8 heteroatoms. The van der Waals surface area contributed by atoms with Crippen molar-refractivity contribution < 1.29 is 23.9 Å². The van der Waals surface area contributed by atoms with E-state index in [1.54, 1.807) is 69.5 Å². The van der Waals surface area contributed by atoms with Crippen LogP contribution >= 0.6 is 0 Å². The molecule has 2 aliphatic rings. The zero-order chi connectivity index (χ0) is 22.3. The maximum absolute atomic E-state index is 13.3. The van der Waals surface area contributed by atoms with E-state index in [0.717, 1.165) is 5.56 Å². The fraction of sp³-hybridized carbons (Fsp3) is 0.348. The first-order valence-corrected chi connectivity index (χ1v) is 9.97. The Labute approximate surface area is 180 Å². The lowest BCUT2D eigenvalue weighted by atomic mass is 9.85. The molecule has 0 spiro atoms. The summed E-state index contributed by atoms with van der Waals surface area (Å²) in [5, 5.41) is 12.1. The van der Waals surface area contributed by atoms with Gasteiger partial charge < -0.3 is 14.2 Å². The molecule has 0 aliphatic carbocycles. The van der Waals surface area contributed by atoms with Crippen molar-refractivity contribution in [1.29, 1.82) is 0 Å². The number of methoxy groups -OCH3 is 1. The number of anilines is 1. The van der Waals surface area contributed by atoms with Crippen LogP contribution in [0.3, 0.4) is 0 Å². The number of carbonyl (C=O) groups excluding carboxylic acids is 1. The minimum absolute atomic E-state index is 0.121. The van der Waals surface area contributed by atoms with E-state index in [1.165, 1.54) is 4.90 Å². The van der Waals surface area contributed by atoms with Crippen LogP contribution in [0.4, 0.5) is 5.69 Å².